The van der Waals surface area contributed by atoms with E-state index in [-0.39, 0.29) is 12.5 Å². The van der Waals surface area contributed by atoms with Gasteiger partial charge in [0.1, 0.15) is 0 Å². The van der Waals surface area contributed by atoms with Gasteiger partial charge in [-0.2, -0.15) is 8.42 Å². The Balaban J connectivity index is 3.72. The van der Waals surface area contributed by atoms with Gasteiger partial charge in [0, 0.05) is 10.7 Å². The van der Waals surface area contributed by atoms with Gasteiger partial charge in [-0.05, 0) is 11.8 Å². The molecule has 0 bridgehead atoms. The Morgan fingerprint density at radius 3 is 2.09 bits per heavy atom. The van der Waals surface area contributed by atoms with Gasteiger partial charge in [-0.25, -0.2) is 0 Å². The monoisotopic (exact) mass is 200 g/mol. The van der Waals surface area contributed by atoms with Gasteiger partial charge in [0.2, 0.25) is 0 Å². The summed E-state index contributed by atoms with van der Waals surface area (Å²) in [6.45, 7) is 6.06. The molecule has 1 unspecified atom stereocenters. The standard InChI is InChI=1S/C6H13ClO3S/c1-5(2)6(3)4-10-11(7,8)9/h5-6H,4H2,1-3H3. The van der Waals surface area contributed by atoms with Crippen molar-refractivity contribution in [3.8, 4) is 0 Å². The van der Waals surface area contributed by atoms with Crippen molar-refractivity contribution >= 4 is 20.0 Å². The first kappa shape index (κ1) is 11.2. The Kier molecular flexibility index (Phi) is 4.36. The lowest BCUT2D eigenvalue weighted by molar-refractivity contribution is 0.234. The van der Waals surface area contributed by atoms with Crippen LogP contribution in [0, 0.1) is 11.8 Å². The van der Waals surface area contributed by atoms with E-state index in [4.69, 9.17) is 10.7 Å². The third-order valence-electron chi connectivity index (χ3n) is 1.61. The molecule has 0 N–H and O–H groups in total. The highest BCUT2D eigenvalue weighted by molar-refractivity contribution is 8.09. The second kappa shape index (κ2) is 4.28. The van der Waals surface area contributed by atoms with Crippen LogP contribution in [0.5, 0.6) is 0 Å². The molecule has 0 radical (unpaired) electrons. The maximum Gasteiger partial charge on any atom is 0.355 e. The minimum absolute atomic E-state index is 0.156. The third-order valence-corrected chi connectivity index (χ3v) is 2.29. The Hall–Kier alpha value is 0.200. The van der Waals surface area contributed by atoms with Crippen LogP contribution in [0.15, 0.2) is 0 Å². The Bertz CT molecular complexity index is 198. The summed E-state index contributed by atoms with van der Waals surface area (Å²) < 4.78 is 25.0. The Morgan fingerprint density at radius 2 is 1.82 bits per heavy atom. The first-order chi connectivity index (χ1) is 4.83. The van der Waals surface area contributed by atoms with Crippen molar-refractivity contribution in [1.29, 1.82) is 0 Å². The minimum Gasteiger partial charge on any atom is -0.258 e. The van der Waals surface area contributed by atoms with Crippen molar-refractivity contribution in [2.45, 2.75) is 20.8 Å². The largest absolute Gasteiger partial charge is 0.355 e. The predicted octanol–water partition coefficient (Wildman–Crippen LogP) is 1.78. The molecule has 68 valence electrons. The van der Waals surface area contributed by atoms with Crippen LogP contribution in [0.4, 0.5) is 0 Å². The smallest absolute Gasteiger partial charge is 0.258 e. The lowest BCUT2D eigenvalue weighted by Gasteiger charge is -2.13. The van der Waals surface area contributed by atoms with Crippen molar-refractivity contribution in [3.05, 3.63) is 0 Å². The second-order valence-corrected chi connectivity index (χ2v) is 5.05. The SMILES string of the molecule is CC(C)C(C)COS(=O)(=O)Cl. The van der Waals surface area contributed by atoms with Gasteiger partial charge in [0.05, 0.1) is 6.61 Å². The van der Waals surface area contributed by atoms with Crippen molar-refractivity contribution in [1.82, 2.24) is 0 Å². The van der Waals surface area contributed by atoms with Crippen LogP contribution in [0.2, 0.25) is 0 Å². The third kappa shape index (κ3) is 6.59. The molecule has 0 saturated carbocycles. The summed E-state index contributed by atoms with van der Waals surface area (Å²) in [6, 6.07) is 0. The summed E-state index contributed by atoms with van der Waals surface area (Å²) in [6.07, 6.45) is 0. The highest BCUT2D eigenvalue weighted by Crippen LogP contribution is 2.12. The van der Waals surface area contributed by atoms with Gasteiger partial charge < -0.3 is 0 Å². The summed E-state index contributed by atoms with van der Waals surface area (Å²) in [4.78, 5) is 0. The number of rotatable bonds is 4. The summed E-state index contributed by atoms with van der Waals surface area (Å²) >= 11 is 0. The highest BCUT2D eigenvalue weighted by atomic mass is 35.7. The molecule has 0 fully saturated rings. The fourth-order valence-corrected chi connectivity index (χ4v) is 0.913. The molecule has 0 aliphatic carbocycles. The second-order valence-electron chi connectivity index (χ2n) is 2.90. The van der Waals surface area contributed by atoms with E-state index in [1.165, 1.54) is 0 Å². The number of halogens is 1. The van der Waals surface area contributed by atoms with E-state index in [0.29, 0.717) is 5.92 Å². The van der Waals surface area contributed by atoms with Crippen LogP contribution in [-0.2, 0) is 13.5 Å². The maximum atomic E-state index is 10.3. The van der Waals surface area contributed by atoms with Gasteiger partial charge in [-0.15, -0.1) is 0 Å². The van der Waals surface area contributed by atoms with Crippen LogP contribution in [0.25, 0.3) is 0 Å². The predicted molar refractivity (Wildman–Crippen MR) is 44.7 cm³/mol. The highest BCUT2D eigenvalue weighted by Gasteiger charge is 2.11. The van der Waals surface area contributed by atoms with Gasteiger partial charge in [-0.1, -0.05) is 20.8 Å². The van der Waals surface area contributed by atoms with Crippen molar-refractivity contribution < 1.29 is 12.6 Å². The molecule has 1 atom stereocenters. The minimum atomic E-state index is -3.78. The van der Waals surface area contributed by atoms with Crippen LogP contribution in [0.1, 0.15) is 20.8 Å². The maximum absolute atomic E-state index is 10.3. The van der Waals surface area contributed by atoms with Crippen LogP contribution in [0.3, 0.4) is 0 Å². The molecule has 0 aromatic rings. The van der Waals surface area contributed by atoms with E-state index < -0.39 is 9.33 Å². The molecule has 0 rings (SSSR count). The molecule has 11 heavy (non-hydrogen) atoms. The van der Waals surface area contributed by atoms with E-state index >= 15 is 0 Å². The Labute approximate surface area is 72.3 Å². The first-order valence-corrected chi connectivity index (χ1v) is 5.65. The van der Waals surface area contributed by atoms with E-state index in [0.717, 1.165) is 0 Å². The van der Waals surface area contributed by atoms with Crippen molar-refractivity contribution in [2.24, 2.45) is 11.8 Å². The van der Waals surface area contributed by atoms with E-state index in [1.807, 2.05) is 20.8 Å². The van der Waals surface area contributed by atoms with Gasteiger partial charge in [-0.3, -0.25) is 4.18 Å². The summed E-state index contributed by atoms with van der Waals surface area (Å²) in [5, 5.41) is 0. The van der Waals surface area contributed by atoms with Crippen molar-refractivity contribution in [3.63, 3.8) is 0 Å². The molecule has 0 aliphatic heterocycles. The van der Waals surface area contributed by atoms with Gasteiger partial charge in [0.25, 0.3) is 0 Å². The van der Waals surface area contributed by atoms with E-state index in [9.17, 15) is 8.42 Å². The zero-order valence-corrected chi connectivity index (χ0v) is 8.45. The fraction of sp³-hybridized carbons (Fsp3) is 1.00. The molecular weight excluding hydrogens is 188 g/mol. The zero-order valence-electron chi connectivity index (χ0n) is 6.87. The van der Waals surface area contributed by atoms with Crippen LogP contribution in [-0.4, -0.2) is 15.0 Å². The van der Waals surface area contributed by atoms with Gasteiger partial charge in [0.15, 0.2) is 0 Å². The molecule has 0 heterocycles. The molecule has 0 aromatic carbocycles. The summed E-state index contributed by atoms with van der Waals surface area (Å²) in [5.41, 5.74) is 0. The lowest BCUT2D eigenvalue weighted by Crippen LogP contribution is -2.13. The molecule has 0 spiro atoms. The fourth-order valence-electron chi connectivity index (χ4n) is 0.381. The normalized spacial score (nSPS) is 15.4. The van der Waals surface area contributed by atoms with E-state index in [1.54, 1.807) is 0 Å². The topological polar surface area (TPSA) is 43.4 Å². The molecule has 0 saturated heterocycles. The quantitative estimate of drug-likeness (QED) is 0.650. The van der Waals surface area contributed by atoms with Crippen LogP contribution >= 0.6 is 10.7 Å². The average Bonchev–Trinajstić information content (AvgIpc) is 1.80. The van der Waals surface area contributed by atoms with Crippen molar-refractivity contribution in [2.75, 3.05) is 6.61 Å². The van der Waals surface area contributed by atoms with E-state index in [2.05, 4.69) is 4.18 Å². The summed E-state index contributed by atoms with van der Waals surface area (Å²) in [5.74, 6) is 0.594. The Morgan fingerprint density at radius 1 is 1.36 bits per heavy atom. The zero-order chi connectivity index (χ0) is 9.07. The average molecular weight is 201 g/mol. The molecule has 0 amide bonds. The first-order valence-electron chi connectivity index (χ1n) is 3.42. The molecule has 0 aliphatic rings. The molecule has 0 aromatic heterocycles. The lowest BCUT2D eigenvalue weighted by atomic mass is 10.00. The molecule has 5 heteroatoms. The molecule has 3 nitrogen and oxygen atoms in total. The number of hydrogen-bond acceptors (Lipinski definition) is 3. The summed E-state index contributed by atoms with van der Waals surface area (Å²) in [7, 11) is 1.05. The van der Waals surface area contributed by atoms with Crippen LogP contribution < -0.4 is 0 Å². The molecular formula is C6H13ClO3S. The van der Waals surface area contributed by atoms with Gasteiger partial charge >= 0.3 is 9.33 Å². The number of hydrogen-bond donors (Lipinski definition) is 0.